The van der Waals surface area contributed by atoms with Crippen molar-refractivity contribution in [2.75, 3.05) is 65.4 Å². The summed E-state index contributed by atoms with van der Waals surface area (Å²) in [5.74, 6) is 0.394. The second-order valence-electron chi connectivity index (χ2n) is 9.39. The van der Waals surface area contributed by atoms with Gasteiger partial charge in [-0.25, -0.2) is 0 Å². The largest absolute Gasteiger partial charge is 0.491 e. The highest BCUT2D eigenvalue weighted by Gasteiger charge is 2.22. The molecule has 36 heavy (non-hydrogen) atoms. The van der Waals surface area contributed by atoms with Crippen molar-refractivity contribution in [1.82, 2.24) is 9.80 Å². The molecule has 1 heterocycles. The van der Waals surface area contributed by atoms with Crippen molar-refractivity contribution in [2.24, 2.45) is 0 Å². The Morgan fingerprint density at radius 3 is 2.44 bits per heavy atom. The molecule has 0 aliphatic carbocycles. The summed E-state index contributed by atoms with van der Waals surface area (Å²) in [5.41, 5.74) is 1.81. The topological polar surface area (TPSA) is 88.4 Å². The van der Waals surface area contributed by atoms with Gasteiger partial charge in [-0.2, -0.15) is 0 Å². The van der Waals surface area contributed by atoms with E-state index in [2.05, 4.69) is 16.8 Å². The molecule has 0 N–H and O–H groups in total. The average Bonchev–Trinajstić information content (AvgIpc) is 2.88. The van der Waals surface area contributed by atoms with Crippen molar-refractivity contribution in [3.8, 4) is 11.5 Å². The predicted octanol–water partition coefficient (Wildman–Crippen LogP) is 4.38. The van der Waals surface area contributed by atoms with Crippen molar-refractivity contribution < 1.29 is 19.2 Å². The van der Waals surface area contributed by atoms with Crippen LogP contribution in [-0.2, 0) is 0 Å². The zero-order valence-electron chi connectivity index (χ0n) is 21.9. The Morgan fingerprint density at radius 2 is 1.75 bits per heavy atom. The molecule has 1 fully saturated rings. The number of carbonyl (C=O) groups excluding carboxylic acids is 1. The molecule has 1 amide bonds. The van der Waals surface area contributed by atoms with Crippen LogP contribution < -0.4 is 14.4 Å². The fourth-order valence-electron chi connectivity index (χ4n) is 4.32. The standard InChI is InChI=1S/C27H38N4O5/c1-21-9-11-23(29(3)27(32)22-10-12-24(31(33)34)25(20-22)35-4)26(19-21)36-18-8-6-5-7-13-30-16-14-28(2)15-17-30/h9-12,19-20H,5-8,13-18H2,1-4H3. The van der Waals surface area contributed by atoms with Crippen molar-refractivity contribution in [2.45, 2.75) is 32.6 Å². The summed E-state index contributed by atoms with van der Waals surface area (Å²) < 4.78 is 11.2. The predicted molar refractivity (Wildman–Crippen MR) is 141 cm³/mol. The summed E-state index contributed by atoms with van der Waals surface area (Å²) in [5, 5.41) is 11.2. The zero-order chi connectivity index (χ0) is 26.1. The van der Waals surface area contributed by atoms with Gasteiger partial charge in [0.25, 0.3) is 5.91 Å². The first-order valence-electron chi connectivity index (χ1n) is 12.5. The first-order chi connectivity index (χ1) is 17.3. The molecular weight excluding hydrogens is 460 g/mol. The van der Waals surface area contributed by atoms with Gasteiger partial charge in [-0.15, -0.1) is 0 Å². The molecule has 0 radical (unpaired) electrons. The molecule has 9 heteroatoms. The van der Waals surface area contributed by atoms with Gasteiger partial charge in [0.15, 0.2) is 5.75 Å². The number of hydrogen-bond donors (Lipinski definition) is 0. The van der Waals surface area contributed by atoms with E-state index in [-0.39, 0.29) is 17.3 Å². The second kappa shape index (κ2) is 13.2. The van der Waals surface area contributed by atoms with Crippen LogP contribution in [0.3, 0.4) is 0 Å². The molecule has 2 aromatic carbocycles. The van der Waals surface area contributed by atoms with Gasteiger partial charge >= 0.3 is 5.69 Å². The molecule has 0 atom stereocenters. The Hall–Kier alpha value is -3.17. The maximum atomic E-state index is 13.2. The normalized spacial score (nSPS) is 14.4. The Balaban J connectivity index is 1.53. The summed E-state index contributed by atoms with van der Waals surface area (Å²) in [6.45, 7) is 8.36. The highest BCUT2D eigenvalue weighted by molar-refractivity contribution is 6.07. The molecule has 9 nitrogen and oxygen atoms in total. The van der Waals surface area contributed by atoms with Crippen LogP contribution in [0.2, 0.25) is 0 Å². The molecule has 196 valence electrons. The first kappa shape index (κ1) is 27.4. The minimum atomic E-state index is -0.533. The van der Waals surface area contributed by atoms with E-state index >= 15 is 0 Å². The van der Waals surface area contributed by atoms with E-state index in [0.717, 1.165) is 51.1 Å². The van der Waals surface area contributed by atoms with Gasteiger partial charge in [0.1, 0.15) is 5.75 Å². The van der Waals surface area contributed by atoms with E-state index in [1.54, 1.807) is 7.05 Å². The number of amides is 1. The van der Waals surface area contributed by atoms with Crippen LogP contribution >= 0.6 is 0 Å². The number of nitro groups is 1. The number of methoxy groups -OCH3 is 1. The molecule has 1 saturated heterocycles. The van der Waals surface area contributed by atoms with E-state index < -0.39 is 4.92 Å². The summed E-state index contributed by atoms with van der Waals surface area (Å²) in [6.07, 6.45) is 4.44. The fraction of sp³-hybridized carbons (Fsp3) is 0.519. The van der Waals surface area contributed by atoms with Gasteiger partial charge in [-0.1, -0.05) is 18.9 Å². The van der Waals surface area contributed by atoms with Crippen LogP contribution in [0.25, 0.3) is 0 Å². The van der Waals surface area contributed by atoms with E-state index in [9.17, 15) is 14.9 Å². The molecule has 0 aromatic heterocycles. The summed E-state index contributed by atoms with van der Waals surface area (Å²) in [6, 6.07) is 9.85. The number of rotatable bonds is 12. The Kier molecular flexibility index (Phi) is 10.1. The minimum Gasteiger partial charge on any atom is -0.491 e. The third kappa shape index (κ3) is 7.41. The number of anilines is 1. The second-order valence-corrected chi connectivity index (χ2v) is 9.39. The van der Waals surface area contributed by atoms with Crippen molar-refractivity contribution >= 4 is 17.3 Å². The number of aryl methyl sites for hydroxylation is 1. The van der Waals surface area contributed by atoms with Gasteiger partial charge in [0.05, 0.1) is 24.3 Å². The van der Waals surface area contributed by atoms with Crippen LogP contribution in [0, 0.1) is 17.0 Å². The van der Waals surface area contributed by atoms with Crippen molar-refractivity contribution in [3.05, 3.63) is 57.6 Å². The van der Waals surface area contributed by atoms with E-state index in [1.165, 1.54) is 43.1 Å². The first-order valence-corrected chi connectivity index (χ1v) is 12.5. The third-order valence-corrected chi connectivity index (χ3v) is 6.63. The maximum Gasteiger partial charge on any atom is 0.310 e. The number of nitrogens with zero attached hydrogens (tertiary/aromatic N) is 4. The number of hydrogen-bond acceptors (Lipinski definition) is 7. The van der Waals surface area contributed by atoms with Crippen molar-refractivity contribution in [1.29, 1.82) is 0 Å². The SMILES string of the molecule is COc1cc(C(=O)N(C)c2ccc(C)cc2OCCCCCCN2CCN(C)CC2)ccc1[N+](=O)[O-]. The number of likely N-dealkylation sites (N-methyl/N-ethyl adjacent to an activating group) is 1. The summed E-state index contributed by atoms with van der Waals surface area (Å²) >= 11 is 0. The number of unbranched alkanes of at least 4 members (excludes halogenated alkanes) is 3. The van der Waals surface area contributed by atoms with Gasteiger partial charge in [0.2, 0.25) is 0 Å². The maximum absolute atomic E-state index is 13.2. The number of benzene rings is 2. The van der Waals surface area contributed by atoms with E-state index in [0.29, 0.717) is 23.6 Å². The van der Waals surface area contributed by atoms with E-state index in [1.807, 2.05) is 25.1 Å². The average molecular weight is 499 g/mol. The zero-order valence-corrected chi connectivity index (χ0v) is 21.9. The molecular formula is C27H38N4O5. The number of carbonyl (C=O) groups is 1. The lowest BCUT2D eigenvalue weighted by atomic mass is 10.1. The molecule has 1 aliphatic heterocycles. The van der Waals surface area contributed by atoms with Crippen molar-refractivity contribution in [3.63, 3.8) is 0 Å². The fourth-order valence-corrected chi connectivity index (χ4v) is 4.32. The smallest absolute Gasteiger partial charge is 0.310 e. The molecule has 1 aliphatic rings. The van der Waals surface area contributed by atoms with Crippen LogP contribution in [-0.4, -0.2) is 81.2 Å². The quantitative estimate of drug-likeness (QED) is 0.244. The Labute approximate surface area is 213 Å². The molecule has 0 unspecified atom stereocenters. The summed E-state index contributed by atoms with van der Waals surface area (Å²) in [4.78, 5) is 30.2. The Morgan fingerprint density at radius 1 is 1.03 bits per heavy atom. The lowest BCUT2D eigenvalue weighted by Crippen LogP contribution is -2.44. The van der Waals surface area contributed by atoms with Gasteiger partial charge < -0.3 is 24.2 Å². The number of piperazine rings is 1. The molecule has 3 rings (SSSR count). The van der Waals surface area contributed by atoms with Gasteiger partial charge in [0, 0.05) is 50.9 Å². The van der Waals surface area contributed by atoms with Gasteiger partial charge in [-0.3, -0.25) is 14.9 Å². The monoisotopic (exact) mass is 498 g/mol. The Bertz CT molecular complexity index is 1040. The van der Waals surface area contributed by atoms with E-state index in [4.69, 9.17) is 9.47 Å². The lowest BCUT2D eigenvalue weighted by Gasteiger charge is -2.32. The van der Waals surface area contributed by atoms with Gasteiger partial charge in [-0.05, 0) is 57.1 Å². The lowest BCUT2D eigenvalue weighted by molar-refractivity contribution is -0.385. The minimum absolute atomic E-state index is 0.0484. The number of nitro benzene ring substituents is 1. The summed E-state index contributed by atoms with van der Waals surface area (Å²) in [7, 11) is 5.20. The number of ether oxygens (including phenoxy) is 2. The van der Waals surface area contributed by atoms with Crippen LogP contribution in [0.15, 0.2) is 36.4 Å². The highest BCUT2D eigenvalue weighted by atomic mass is 16.6. The van der Waals surface area contributed by atoms with Crippen LogP contribution in [0.1, 0.15) is 41.6 Å². The highest BCUT2D eigenvalue weighted by Crippen LogP contribution is 2.32. The third-order valence-electron chi connectivity index (χ3n) is 6.63. The molecule has 0 saturated carbocycles. The molecule has 0 bridgehead atoms. The molecule has 2 aromatic rings. The van der Waals surface area contributed by atoms with Crippen LogP contribution in [0.5, 0.6) is 11.5 Å². The van der Waals surface area contributed by atoms with Crippen LogP contribution in [0.4, 0.5) is 11.4 Å². The molecule has 0 spiro atoms.